The molecule has 0 unspecified atom stereocenters. The number of nitrogens with zero attached hydrogens (tertiary/aromatic N) is 1. The van der Waals surface area contributed by atoms with Gasteiger partial charge < -0.3 is 4.74 Å². The highest BCUT2D eigenvalue weighted by Gasteiger charge is 2.17. The van der Waals surface area contributed by atoms with Crippen LogP contribution in [0.25, 0.3) is 6.08 Å². The van der Waals surface area contributed by atoms with Gasteiger partial charge in [0, 0.05) is 31.7 Å². The van der Waals surface area contributed by atoms with Crippen molar-refractivity contribution in [3.8, 4) is 0 Å². The molecular formula is C16H19NO4. The van der Waals surface area contributed by atoms with E-state index in [1.54, 1.807) is 31.5 Å². The summed E-state index contributed by atoms with van der Waals surface area (Å²) in [6, 6.07) is 3.61. The highest BCUT2D eigenvalue weighted by atomic mass is 16.5. The Morgan fingerprint density at radius 3 is 2.71 bits per heavy atom. The number of allylic oxidation sites excluding steroid dienone is 1. The molecule has 1 heterocycles. The topological polar surface area (TPSA) is 73.3 Å². The number of Topliss-reactive ketones (excluding diaryl/α,β-unsaturated/α-hetero) is 1. The number of rotatable bonds is 8. The lowest BCUT2D eigenvalue weighted by Gasteiger charge is -2.07. The largest absolute Gasteiger partial charge is 0.469 e. The predicted octanol–water partition coefficient (Wildman–Crippen LogP) is 2.21. The van der Waals surface area contributed by atoms with Crippen molar-refractivity contribution in [1.29, 1.82) is 0 Å². The highest BCUT2D eigenvalue weighted by molar-refractivity contribution is 5.96. The summed E-state index contributed by atoms with van der Waals surface area (Å²) in [4.78, 5) is 38.4. The third-order valence-electron chi connectivity index (χ3n) is 2.93. The molecule has 0 saturated heterocycles. The first kappa shape index (κ1) is 16.8. The molecule has 0 N–H and O–H groups in total. The number of ether oxygens (including phenoxy) is 1. The molecule has 5 heteroatoms. The lowest BCUT2D eigenvalue weighted by molar-refractivity contribution is -0.146. The van der Waals surface area contributed by atoms with Gasteiger partial charge in [-0.15, -0.1) is 0 Å². The number of esters is 1. The highest BCUT2D eigenvalue weighted by Crippen LogP contribution is 2.08. The van der Waals surface area contributed by atoms with Crippen LogP contribution in [0.3, 0.4) is 0 Å². The van der Waals surface area contributed by atoms with E-state index in [4.69, 9.17) is 0 Å². The first-order chi connectivity index (χ1) is 10.0. The number of pyridine rings is 1. The molecule has 0 aliphatic carbocycles. The quantitative estimate of drug-likeness (QED) is 0.542. The van der Waals surface area contributed by atoms with Gasteiger partial charge in [0.05, 0.1) is 13.0 Å². The fraction of sp³-hybridized carbons (Fsp3) is 0.375. The van der Waals surface area contributed by atoms with Crippen molar-refractivity contribution < 1.29 is 19.1 Å². The standard InChI is InChI=1S/C16H19NO4/c1-12(16(20)21-2)10-15(19)8-7-14(18)6-5-13-4-3-9-17-11-13/h3-6,9,11-12H,7-8,10H2,1-2H3/b6-5+/t12-/m1/s1. The van der Waals surface area contributed by atoms with Crippen molar-refractivity contribution in [1.82, 2.24) is 4.98 Å². The number of carbonyl (C=O) groups is 3. The van der Waals surface area contributed by atoms with Gasteiger partial charge in [-0.2, -0.15) is 0 Å². The molecule has 0 aliphatic heterocycles. The Labute approximate surface area is 124 Å². The molecular weight excluding hydrogens is 270 g/mol. The maximum atomic E-state index is 11.7. The van der Waals surface area contributed by atoms with Gasteiger partial charge in [0.1, 0.15) is 5.78 Å². The Kier molecular flexibility index (Phi) is 7.01. The summed E-state index contributed by atoms with van der Waals surface area (Å²) in [6.07, 6.45) is 6.78. The molecule has 0 amide bonds. The van der Waals surface area contributed by atoms with Gasteiger partial charge in [-0.05, 0) is 23.8 Å². The Bertz CT molecular complexity index is 522. The van der Waals surface area contributed by atoms with E-state index >= 15 is 0 Å². The maximum Gasteiger partial charge on any atom is 0.308 e. The van der Waals surface area contributed by atoms with Crippen molar-refractivity contribution in [2.75, 3.05) is 7.11 Å². The Morgan fingerprint density at radius 2 is 2.10 bits per heavy atom. The summed E-state index contributed by atoms with van der Waals surface area (Å²) in [6.45, 7) is 1.63. The summed E-state index contributed by atoms with van der Waals surface area (Å²) in [5.41, 5.74) is 0.830. The average Bonchev–Trinajstić information content (AvgIpc) is 2.51. The van der Waals surface area contributed by atoms with Crippen LogP contribution in [0.1, 0.15) is 31.7 Å². The van der Waals surface area contributed by atoms with Crippen LogP contribution < -0.4 is 0 Å². The van der Waals surface area contributed by atoms with Gasteiger partial charge in [-0.1, -0.05) is 13.0 Å². The number of ketones is 2. The third-order valence-corrected chi connectivity index (χ3v) is 2.93. The molecule has 0 saturated carbocycles. The van der Waals surface area contributed by atoms with E-state index in [-0.39, 0.29) is 30.8 Å². The van der Waals surface area contributed by atoms with Gasteiger partial charge in [0.2, 0.25) is 0 Å². The molecule has 0 aromatic carbocycles. The molecule has 0 spiro atoms. The number of carbonyl (C=O) groups excluding carboxylic acids is 3. The fourth-order valence-corrected chi connectivity index (χ4v) is 1.74. The average molecular weight is 289 g/mol. The van der Waals surface area contributed by atoms with Crippen molar-refractivity contribution in [2.24, 2.45) is 5.92 Å². The third kappa shape index (κ3) is 6.61. The van der Waals surface area contributed by atoms with E-state index in [0.717, 1.165) is 5.56 Å². The van der Waals surface area contributed by atoms with Crippen molar-refractivity contribution in [3.05, 3.63) is 36.2 Å². The van der Waals surface area contributed by atoms with E-state index in [9.17, 15) is 14.4 Å². The zero-order chi connectivity index (χ0) is 15.7. The second-order valence-corrected chi connectivity index (χ2v) is 4.75. The Morgan fingerprint density at radius 1 is 1.33 bits per heavy atom. The van der Waals surface area contributed by atoms with Crippen LogP contribution in [0.4, 0.5) is 0 Å². The Balaban J connectivity index is 2.34. The van der Waals surface area contributed by atoms with Crippen LogP contribution in [-0.4, -0.2) is 29.6 Å². The van der Waals surface area contributed by atoms with Gasteiger partial charge in [0.25, 0.3) is 0 Å². The molecule has 1 aromatic heterocycles. The van der Waals surface area contributed by atoms with Crippen LogP contribution in [0, 0.1) is 5.92 Å². The summed E-state index contributed by atoms with van der Waals surface area (Å²) in [5, 5.41) is 0. The minimum atomic E-state index is -0.469. The smallest absolute Gasteiger partial charge is 0.308 e. The minimum Gasteiger partial charge on any atom is -0.469 e. The van der Waals surface area contributed by atoms with Gasteiger partial charge in [0.15, 0.2) is 5.78 Å². The van der Waals surface area contributed by atoms with E-state index in [0.29, 0.717) is 0 Å². The molecule has 1 aromatic rings. The first-order valence-electron chi connectivity index (χ1n) is 6.73. The lowest BCUT2D eigenvalue weighted by atomic mass is 10.0. The number of hydrogen-bond donors (Lipinski definition) is 0. The summed E-state index contributed by atoms with van der Waals surface area (Å²) < 4.78 is 4.55. The van der Waals surface area contributed by atoms with E-state index in [1.807, 2.05) is 6.07 Å². The molecule has 21 heavy (non-hydrogen) atoms. The normalized spacial score (nSPS) is 12.1. The molecule has 1 atom stereocenters. The second-order valence-electron chi connectivity index (χ2n) is 4.75. The molecule has 0 bridgehead atoms. The fourth-order valence-electron chi connectivity index (χ4n) is 1.74. The van der Waals surface area contributed by atoms with Crippen molar-refractivity contribution in [2.45, 2.75) is 26.2 Å². The van der Waals surface area contributed by atoms with Crippen molar-refractivity contribution >= 4 is 23.6 Å². The minimum absolute atomic E-state index is 0.103. The summed E-state index contributed by atoms with van der Waals surface area (Å²) >= 11 is 0. The maximum absolute atomic E-state index is 11.7. The van der Waals surface area contributed by atoms with Gasteiger partial charge in [-0.25, -0.2) is 0 Å². The molecule has 0 radical (unpaired) electrons. The monoisotopic (exact) mass is 289 g/mol. The van der Waals surface area contributed by atoms with E-state index < -0.39 is 11.9 Å². The lowest BCUT2D eigenvalue weighted by Crippen LogP contribution is -2.17. The summed E-state index contributed by atoms with van der Waals surface area (Å²) in [5.74, 6) is -1.12. The van der Waals surface area contributed by atoms with E-state index in [1.165, 1.54) is 13.2 Å². The zero-order valence-corrected chi connectivity index (χ0v) is 12.2. The number of methoxy groups -OCH3 is 1. The zero-order valence-electron chi connectivity index (χ0n) is 12.2. The molecule has 1 rings (SSSR count). The van der Waals surface area contributed by atoms with Gasteiger partial charge in [-0.3, -0.25) is 19.4 Å². The summed E-state index contributed by atoms with van der Waals surface area (Å²) in [7, 11) is 1.29. The predicted molar refractivity (Wildman–Crippen MR) is 78.3 cm³/mol. The number of aromatic nitrogens is 1. The van der Waals surface area contributed by atoms with Crippen LogP contribution in [0.5, 0.6) is 0 Å². The van der Waals surface area contributed by atoms with Crippen LogP contribution in [0.2, 0.25) is 0 Å². The van der Waals surface area contributed by atoms with Gasteiger partial charge >= 0.3 is 5.97 Å². The Hall–Kier alpha value is -2.30. The van der Waals surface area contributed by atoms with E-state index in [2.05, 4.69) is 9.72 Å². The molecule has 5 nitrogen and oxygen atoms in total. The van der Waals surface area contributed by atoms with Crippen molar-refractivity contribution in [3.63, 3.8) is 0 Å². The first-order valence-corrected chi connectivity index (χ1v) is 6.73. The number of hydrogen-bond acceptors (Lipinski definition) is 5. The molecule has 0 aliphatic rings. The van der Waals surface area contributed by atoms with Crippen LogP contribution in [0.15, 0.2) is 30.6 Å². The molecule has 0 fully saturated rings. The van der Waals surface area contributed by atoms with Crippen LogP contribution in [-0.2, 0) is 19.1 Å². The van der Waals surface area contributed by atoms with Crippen LogP contribution >= 0.6 is 0 Å². The second kappa shape index (κ2) is 8.79. The SMILES string of the molecule is COC(=O)[C@H](C)CC(=O)CCC(=O)/C=C/c1cccnc1. The molecule has 112 valence electrons.